The number of benzene rings is 6. The van der Waals surface area contributed by atoms with Crippen LogP contribution in [0.1, 0.15) is 5.56 Å². The highest BCUT2D eigenvalue weighted by Gasteiger charge is 2.14. The van der Waals surface area contributed by atoms with Crippen LogP contribution in [0.2, 0.25) is 0 Å². The van der Waals surface area contributed by atoms with Gasteiger partial charge in [-0.1, -0.05) is 96.6 Å². The Morgan fingerprint density at radius 1 is 0.436 bits per heavy atom. The van der Waals surface area contributed by atoms with Crippen molar-refractivity contribution in [3.05, 3.63) is 139 Å². The highest BCUT2D eigenvalue weighted by molar-refractivity contribution is 6.11. The molecule has 0 aliphatic carbocycles. The van der Waals surface area contributed by atoms with E-state index in [0.29, 0.717) is 0 Å². The summed E-state index contributed by atoms with van der Waals surface area (Å²) in [6.07, 6.45) is 0. The summed E-state index contributed by atoms with van der Waals surface area (Å²) in [5.74, 6) is 0. The number of furan rings is 1. The fourth-order valence-corrected chi connectivity index (χ4v) is 5.96. The van der Waals surface area contributed by atoms with Crippen molar-refractivity contribution in [2.45, 2.75) is 6.92 Å². The van der Waals surface area contributed by atoms with Crippen LogP contribution in [0.15, 0.2) is 138 Å². The third kappa shape index (κ3) is 3.49. The summed E-state index contributed by atoms with van der Waals surface area (Å²) < 4.78 is 8.58. The van der Waals surface area contributed by atoms with Crippen molar-refractivity contribution in [2.75, 3.05) is 0 Å². The van der Waals surface area contributed by atoms with E-state index >= 15 is 0 Å². The molecule has 0 saturated heterocycles. The maximum Gasteiger partial charge on any atom is 0.136 e. The van der Waals surface area contributed by atoms with Gasteiger partial charge in [-0.2, -0.15) is 0 Å². The van der Waals surface area contributed by atoms with Crippen LogP contribution in [0, 0.1) is 6.92 Å². The molecular formula is C37H25NO. The molecule has 39 heavy (non-hydrogen) atoms. The maximum atomic E-state index is 6.19. The highest BCUT2D eigenvalue weighted by atomic mass is 16.3. The van der Waals surface area contributed by atoms with Crippen molar-refractivity contribution in [2.24, 2.45) is 0 Å². The number of fused-ring (bicyclic) bond motifs is 6. The van der Waals surface area contributed by atoms with Gasteiger partial charge in [-0.05, 0) is 71.6 Å². The predicted molar refractivity (Wildman–Crippen MR) is 164 cm³/mol. The normalized spacial score (nSPS) is 11.7. The molecule has 0 fully saturated rings. The van der Waals surface area contributed by atoms with E-state index in [-0.39, 0.29) is 0 Å². The van der Waals surface area contributed by atoms with Gasteiger partial charge in [0.2, 0.25) is 0 Å². The van der Waals surface area contributed by atoms with E-state index in [4.69, 9.17) is 4.42 Å². The van der Waals surface area contributed by atoms with Gasteiger partial charge in [-0.15, -0.1) is 0 Å². The van der Waals surface area contributed by atoms with Gasteiger partial charge in [-0.25, -0.2) is 0 Å². The monoisotopic (exact) mass is 499 g/mol. The Labute approximate surface area is 226 Å². The summed E-state index contributed by atoms with van der Waals surface area (Å²) in [7, 11) is 0. The molecule has 0 radical (unpaired) electrons. The van der Waals surface area contributed by atoms with Gasteiger partial charge in [0.15, 0.2) is 0 Å². The molecule has 0 bridgehead atoms. The average molecular weight is 500 g/mol. The molecule has 2 heterocycles. The Balaban J connectivity index is 1.30. The molecule has 0 saturated carbocycles. The van der Waals surface area contributed by atoms with Crippen LogP contribution in [0.3, 0.4) is 0 Å². The summed E-state index contributed by atoms with van der Waals surface area (Å²) in [5, 5.41) is 4.82. The van der Waals surface area contributed by atoms with Gasteiger partial charge in [-0.3, -0.25) is 0 Å². The van der Waals surface area contributed by atoms with Gasteiger partial charge < -0.3 is 8.98 Å². The lowest BCUT2D eigenvalue weighted by molar-refractivity contribution is 0.669. The molecule has 0 amide bonds. The van der Waals surface area contributed by atoms with E-state index in [2.05, 4.69) is 133 Å². The first-order valence-electron chi connectivity index (χ1n) is 13.4. The first kappa shape index (κ1) is 22.0. The number of aryl methyl sites for hydroxylation is 1. The van der Waals surface area contributed by atoms with Crippen LogP contribution in [-0.4, -0.2) is 4.57 Å². The Morgan fingerprint density at radius 3 is 1.92 bits per heavy atom. The zero-order valence-electron chi connectivity index (χ0n) is 21.6. The van der Waals surface area contributed by atoms with E-state index in [1.165, 1.54) is 44.1 Å². The molecule has 2 nitrogen and oxygen atoms in total. The van der Waals surface area contributed by atoms with E-state index in [9.17, 15) is 0 Å². The number of para-hydroxylation sites is 2. The fourth-order valence-electron chi connectivity index (χ4n) is 5.96. The van der Waals surface area contributed by atoms with Gasteiger partial charge in [0, 0.05) is 27.2 Å². The van der Waals surface area contributed by atoms with E-state index < -0.39 is 0 Å². The molecule has 0 atom stereocenters. The lowest BCUT2D eigenvalue weighted by atomic mass is 10.0. The summed E-state index contributed by atoms with van der Waals surface area (Å²) in [4.78, 5) is 0. The topological polar surface area (TPSA) is 18.1 Å². The number of rotatable bonds is 3. The molecule has 2 heteroatoms. The minimum atomic E-state index is 0.918. The Morgan fingerprint density at radius 2 is 1.08 bits per heavy atom. The van der Waals surface area contributed by atoms with Crippen molar-refractivity contribution in [3.8, 4) is 27.9 Å². The molecule has 0 unspecified atom stereocenters. The summed E-state index contributed by atoms with van der Waals surface area (Å²) >= 11 is 0. The van der Waals surface area contributed by atoms with Crippen molar-refractivity contribution in [1.82, 2.24) is 4.57 Å². The van der Waals surface area contributed by atoms with Crippen molar-refractivity contribution in [1.29, 1.82) is 0 Å². The number of hydrogen-bond donors (Lipinski definition) is 0. The van der Waals surface area contributed by atoms with E-state index in [0.717, 1.165) is 33.2 Å². The zero-order chi connectivity index (χ0) is 25.9. The average Bonchev–Trinajstić information content (AvgIpc) is 3.52. The second kappa shape index (κ2) is 8.47. The number of nitrogens with zero attached hydrogens (tertiary/aromatic N) is 1. The minimum absolute atomic E-state index is 0.918. The van der Waals surface area contributed by atoms with Crippen LogP contribution in [0.4, 0.5) is 0 Å². The minimum Gasteiger partial charge on any atom is -0.456 e. The van der Waals surface area contributed by atoms with Crippen LogP contribution in [-0.2, 0) is 0 Å². The molecular weight excluding hydrogens is 474 g/mol. The quantitative estimate of drug-likeness (QED) is 0.236. The third-order valence-electron chi connectivity index (χ3n) is 7.86. The smallest absolute Gasteiger partial charge is 0.136 e. The van der Waals surface area contributed by atoms with Crippen LogP contribution in [0.25, 0.3) is 71.7 Å². The number of aromatic nitrogens is 1. The second-order valence-corrected chi connectivity index (χ2v) is 10.3. The first-order chi connectivity index (χ1) is 19.2. The van der Waals surface area contributed by atoms with Gasteiger partial charge in [0.1, 0.15) is 11.2 Å². The molecule has 0 N–H and O–H groups in total. The highest BCUT2D eigenvalue weighted by Crippen LogP contribution is 2.37. The SMILES string of the molecule is Cc1cccc(-c2ccc(-n3c4ccccc4c4ccc(-c5ccc6c(c5)oc5ccccc56)cc43)cc2)c1. The number of hydrogen-bond acceptors (Lipinski definition) is 1. The molecule has 6 aromatic carbocycles. The first-order valence-corrected chi connectivity index (χ1v) is 13.4. The van der Waals surface area contributed by atoms with Gasteiger partial charge in [0.05, 0.1) is 11.0 Å². The molecule has 8 rings (SSSR count). The molecule has 184 valence electrons. The van der Waals surface area contributed by atoms with Crippen LogP contribution >= 0.6 is 0 Å². The lowest BCUT2D eigenvalue weighted by Gasteiger charge is -2.11. The van der Waals surface area contributed by atoms with Crippen molar-refractivity contribution in [3.63, 3.8) is 0 Å². The zero-order valence-corrected chi connectivity index (χ0v) is 21.6. The second-order valence-electron chi connectivity index (χ2n) is 10.3. The standard InChI is InChI=1S/C37H25NO/c1-24-7-6-8-26(21-24)25-13-17-29(18-14-25)38-34-11-4-2-9-30(34)31-19-15-27(22-35(31)38)28-16-20-33-32-10-3-5-12-36(32)39-37(33)23-28/h2-23H,1H3. The molecule has 2 aromatic heterocycles. The Kier molecular flexibility index (Phi) is 4.77. The summed E-state index contributed by atoms with van der Waals surface area (Å²) in [6, 6.07) is 47.8. The van der Waals surface area contributed by atoms with Gasteiger partial charge >= 0.3 is 0 Å². The lowest BCUT2D eigenvalue weighted by Crippen LogP contribution is -1.94. The summed E-state index contributed by atoms with van der Waals surface area (Å²) in [5.41, 5.74) is 11.5. The Hall–Kier alpha value is -5.08. The fraction of sp³-hybridized carbons (Fsp3) is 0.0270. The van der Waals surface area contributed by atoms with Crippen LogP contribution < -0.4 is 0 Å². The molecule has 8 aromatic rings. The van der Waals surface area contributed by atoms with E-state index in [1.54, 1.807) is 0 Å². The molecule has 0 aliphatic rings. The Bertz CT molecular complexity index is 2180. The van der Waals surface area contributed by atoms with Crippen LogP contribution in [0.5, 0.6) is 0 Å². The maximum absolute atomic E-state index is 6.19. The molecule has 0 aliphatic heterocycles. The van der Waals surface area contributed by atoms with Gasteiger partial charge in [0.25, 0.3) is 0 Å². The summed E-state index contributed by atoms with van der Waals surface area (Å²) in [6.45, 7) is 2.14. The molecule has 0 spiro atoms. The van der Waals surface area contributed by atoms with Crippen molar-refractivity contribution < 1.29 is 4.42 Å². The van der Waals surface area contributed by atoms with E-state index in [1.807, 2.05) is 12.1 Å². The third-order valence-corrected chi connectivity index (χ3v) is 7.86. The van der Waals surface area contributed by atoms with Crippen molar-refractivity contribution >= 4 is 43.7 Å². The predicted octanol–water partition coefficient (Wildman–Crippen LogP) is 10.3. The largest absolute Gasteiger partial charge is 0.456 e.